The van der Waals surface area contributed by atoms with E-state index in [-0.39, 0.29) is 28.9 Å². The van der Waals surface area contributed by atoms with Crippen molar-refractivity contribution in [3.05, 3.63) is 41.7 Å². The lowest BCUT2D eigenvalue weighted by Crippen LogP contribution is -2.39. The van der Waals surface area contributed by atoms with Gasteiger partial charge < -0.3 is 15.4 Å². The number of aliphatic carboxylic acids is 1. The molecule has 9 heteroatoms. The Hall–Kier alpha value is -3.54. The summed E-state index contributed by atoms with van der Waals surface area (Å²) in [6.45, 7) is 2.00. The average molecular weight is 425 g/mol. The molecule has 160 valence electrons. The van der Waals surface area contributed by atoms with E-state index in [1.54, 1.807) is 0 Å². The Bertz CT molecular complexity index is 1190. The lowest BCUT2D eigenvalue weighted by atomic mass is 9.79. The maximum atomic E-state index is 14.8. The summed E-state index contributed by atoms with van der Waals surface area (Å²) < 4.78 is 28.6. The first-order chi connectivity index (χ1) is 14.8. The zero-order valence-corrected chi connectivity index (χ0v) is 16.9. The molecule has 4 rings (SSSR count). The van der Waals surface area contributed by atoms with Gasteiger partial charge in [-0.25, -0.2) is 18.7 Å². The van der Waals surface area contributed by atoms with E-state index in [2.05, 4.69) is 20.3 Å². The topological polar surface area (TPSA) is 115 Å². The second-order valence-electron chi connectivity index (χ2n) is 8.23. The molecule has 1 saturated carbocycles. The molecule has 0 bridgehead atoms. The van der Waals surface area contributed by atoms with Gasteiger partial charge >= 0.3 is 5.97 Å². The van der Waals surface area contributed by atoms with Crippen molar-refractivity contribution in [3.63, 3.8) is 0 Å². The van der Waals surface area contributed by atoms with Crippen LogP contribution in [0.1, 0.15) is 44.6 Å². The Balaban J connectivity index is 1.79. The first-order valence-corrected chi connectivity index (χ1v) is 10.0. The molecule has 3 aromatic heterocycles. The highest BCUT2D eigenvalue weighted by atomic mass is 19.1. The van der Waals surface area contributed by atoms with E-state index >= 15 is 0 Å². The maximum Gasteiger partial charge on any atom is 0.305 e. The molecule has 1 fully saturated rings. The molecule has 1 atom stereocenters. The fourth-order valence-corrected chi connectivity index (χ4v) is 4.40. The molecule has 1 aliphatic carbocycles. The van der Waals surface area contributed by atoms with Crippen LogP contribution in [0.15, 0.2) is 24.5 Å². The van der Waals surface area contributed by atoms with Crippen LogP contribution in [0.5, 0.6) is 0 Å². The Kier molecular flexibility index (Phi) is 5.31. The van der Waals surface area contributed by atoms with E-state index in [1.165, 1.54) is 12.3 Å². The quantitative estimate of drug-likeness (QED) is 0.531. The number of aromatic amines is 1. The van der Waals surface area contributed by atoms with Crippen LogP contribution in [0.4, 0.5) is 14.6 Å². The van der Waals surface area contributed by atoms with E-state index in [4.69, 9.17) is 0 Å². The van der Waals surface area contributed by atoms with Gasteiger partial charge in [0.1, 0.15) is 17.5 Å². The first kappa shape index (κ1) is 20.7. The average Bonchev–Trinajstić information content (AvgIpc) is 3.35. The van der Waals surface area contributed by atoms with Gasteiger partial charge in [-0.05, 0) is 30.4 Å². The minimum absolute atomic E-state index is 0.0185. The lowest BCUT2D eigenvalue weighted by Gasteiger charge is -2.34. The smallest absolute Gasteiger partial charge is 0.305 e. The molecule has 0 radical (unpaired) electrons. The van der Waals surface area contributed by atoms with Gasteiger partial charge in [-0.2, -0.15) is 5.26 Å². The zero-order valence-electron chi connectivity index (χ0n) is 16.9. The van der Waals surface area contributed by atoms with E-state index in [1.807, 2.05) is 13.0 Å². The van der Waals surface area contributed by atoms with E-state index in [0.717, 1.165) is 37.9 Å². The summed E-state index contributed by atoms with van der Waals surface area (Å²) in [5, 5.41) is 22.3. The molecule has 7 nitrogen and oxygen atoms in total. The van der Waals surface area contributed by atoms with Gasteiger partial charge in [-0.15, -0.1) is 0 Å². The standard InChI is InChI=1S/C22H21F2N5O2/c1-22(4-2-3-5-22)17(8-18(30)31)28-21-16(24)6-12(9-25)19(29-21)15-11-27-20-14(15)7-13(23)10-26-20/h6-7,10-11,17H,2-5,8H2,1H3,(H,26,27)(H,28,29)(H,30,31). The molecule has 1 unspecified atom stereocenters. The highest BCUT2D eigenvalue weighted by Gasteiger charge is 2.39. The molecule has 0 spiro atoms. The largest absolute Gasteiger partial charge is 0.481 e. The first-order valence-electron chi connectivity index (χ1n) is 10.0. The third kappa shape index (κ3) is 3.93. The molecule has 3 N–H and O–H groups in total. The van der Waals surface area contributed by atoms with Crippen LogP contribution in [0.3, 0.4) is 0 Å². The highest BCUT2D eigenvalue weighted by Crippen LogP contribution is 2.43. The Morgan fingerprint density at radius 2 is 2.13 bits per heavy atom. The van der Waals surface area contributed by atoms with Crippen molar-refractivity contribution >= 4 is 22.8 Å². The Morgan fingerprint density at radius 1 is 1.39 bits per heavy atom. The minimum Gasteiger partial charge on any atom is -0.481 e. The van der Waals surface area contributed by atoms with Crippen LogP contribution in [0.2, 0.25) is 0 Å². The van der Waals surface area contributed by atoms with Crippen LogP contribution < -0.4 is 5.32 Å². The van der Waals surface area contributed by atoms with Crippen molar-refractivity contribution in [3.8, 4) is 17.3 Å². The number of hydrogen-bond donors (Lipinski definition) is 3. The van der Waals surface area contributed by atoms with Crippen LogP contribution >= 0.6 is 0 Å². The van der Waals surface area contributed by atoms with Gasteiger partial charge in [0.15, 0.2) is 11.6 Å². The fourth-order valence-electron chi connectivity index (χ4n) is 4.40. The lowest BCUT2D eigenvalue weighted by molar-refractivity contribution is -0.137. The number of nitriles is 1. The SMILES string of the molecule is CC1(C(CC(=O)O)Nc2nc(-c3c[nH]c4ncc(F)cc34)c(C#N)cc2F)CCCC1. The van der Waals surface area contributed by atoms with Gasteiger partial charge in [0.25, 0.3) is 0 Å². The number of rotatable bonds is 6. The number of aromatic nitrogens is 3. The Labute approximate surface area is 177 Å². The minimum atomic E-state index is -0.988. The molecule has 0 aliphatic heterocycles. The second kappa shape index (κ2) is 7.95. The number of anilines is 1. The number of nitrogens with zero attached hydrogens (tertiary/aromatic N) is 3. The fraction of sp³-hybridized carbons (Fsp3) is 0.364. The molecular formula is C22H21F2N5O2. The van der Waals surface area contributed by atoms with Crippen molar-refractivity contribution in [2.75, 3.05) is 5.32 Å². The second-order valence-corrected chi connectivity index (χ2v) is 8.23. The van der Waals surface area contributed by atoms with Crippen molar-refractivity contribution < 1.29 is 18.7 Å². The van der Waals surface area contributed by atoms with Crippen LogP contribution in [-0.4, -0.2) is 32.1 Å². The summed E-state index contributed by atoms with van der Waals surface area (Å²) in [5.41, 5.74) is 0.645. The molecular weight excluding hydrogens is 404 g/mol. The summed E-state index contributed by atoms with van der Waals surface area (Å²) in [6, 6.07) is 3.72. The zero-order chi connectivity index (χ0) is 22.2. The summed E-state index contributed by atoms with van der Waals surface area (Å²) in [6.07, 6.45) is 6.04. The Morgan fingerprint density at radius 3 is 2.81 bits per heavy atom. The molecule has 3 aromatic rings. The number of nitrogens with one attached hydrogen (secondary N) is 2. The summed E-state index contributed by atoms with van der Waals surface area (Å²) in [5.74, 6) is -2.42. The van der Waals surface area contributed by atoms with Gasteiger partial charge in [0.2, 0.25) is 0 Å². The summed E-state index contributed by atoms with van der Waals surface area (Å²) in [7, 11) is 0. The maximum absolute atomic E-state index is 14.8. The van der Waals surface area contributed by atoms with Crippen LogP contribution in [-0.2, 0) is 4.79 Å². The van der Waals surface area contributed by atoms with Gasteiger partial charge in [-0.1, -0.05) is 19.8 Å². The van der Waals surface area contributed by atoms with Crippen LogP contribution in [0, 0.1) is 28.4 Å². The highest BCUT2D eigenvalue weighted by molar-refractivity contribution is 5.94. The molecule has 3 heterocycles. The molecule has 1 aliphatic rings. The predicted molar refractivity (Wildman–Crippen MR) is 110 cm³/mol. The van der Waals surface area contributed by atoms with Crippen LogP contribution in [0.25, 0.3) is 22.3 Å². The molecule has 0 amide bonds. The monoisotopic (exact) mass is 425 g/mol. The van der Waals surface area contributed by atoms with Gasteiger partial charge in [0.05, 0.1) is 23.9 Å². The molecule has 0 aromatic carbocycles. The van der Waals surface area contributed by atoms with E-state index in [9.17, 15) is 23.9 Å². The summed E-state index contributed by atoms with van der Waals surface area (Å²) in [4.78, 5) is 22.7. The van der Waals surface area contributed by atoms with Crippen molar-refractivity contribution in [2.45, 2.75) is 45.1 Å². The number of hydrogen-bond acceptors (Lipinski definition) is 5. The molecule has 0 saturated heterocycles. The third-order valence-electron chi connectivity index (χ3n) is 6.13. The predicted octanol–water partition coefficient (Wildman–Crippen LogP) is 4.61. The van der Waals surface area contributed by atoms with Crippen molar-refractivity contribution in [2.24, 2.45) is 5.41 Å². The van der Waals surface area contributed by atoms with Crippen molar-refractivity contribution in [1.29, 1.82) is 5.26 Å². The number of carboxylic acid groups (broad SMARTS) is 1. The number of H-pyrrole nitrogens is 1. The van der Waals surface area contributed by atoms with E-state index < -0.39 is 23.6 Å². The number of fused-ring (bicyclic) bond motifs is 1. The van der Waals surface area contributed by atoms with Crippen molar-refractivity contribution in [1.82, 2.24) is 15.0 Å². The van der Waals surface area contributed by atoms with E-state index in [0.29, 0.717) is 16.6 Å². The van der Waals surface area contributed by atoms with Gasteiger partial charge in [0, 0.05) is 23.2 Å². The molecule has 31 heavy (non-hydrogen) atoms. The summed E-state index contributed by atoms with van der Waals surface area (Å²) >= 11 is 0. The number of pyridine rings is 2. The number of carbonyl (C=O) groups is 1. The van der Waals surface area contributed by atoms with Gasteiger partial charge in [-0.3, -0.25) is 4.79 Å². The number of carboxylic acids is 1. The number of halogens is 2. The normalized spacial score (nSPS) is 16.2. The third-order valence-corrected chi connectivity index (χ3v) is 6.13.